The predicted octanol–water partition coefficient (Wildman–Crippen LogP) is 19.4. The Morgan fingerprint density at radius 2 is 1.01 bits per heavy atom. The van der Waals surface area contributed by atoms with Crippen LogP contribution in [0.5, 0.6) is 0 Å². The van der Waals surface area contributed by atoms with Gasteiger partial charge >= 0.3 is 0 Å². The fourth-order valence-corrected chi connectivity index (χ4v) is 15.5. The number of fused-ring (bicyclic) bond motifs is 22. The van der Waals surface area contributed by atoms with Gasteiger partial charge in [-0.15, -0.1) is 22.7 Å². The first-order valence-electron chi connectivity index (χ1n) is 27.0. The van der Waals surface area contributed by atoms with E-state index in [0.717, 1.165) is 66.2 Å². The Bertz CT molecular complexity index is 5340. The Labute approximate surface area is 465 Å². The molecule has 1 aliphatic carbocycles. The van der Waals surface area contributed by atoms with E-state index in [1.165, 1.54) is 78.9 Å². The van der Waals surface area contributed by atoms with E-state index in [4.69, 9.17) is 24.4 Å². The lowest BCUT2D eigenvalue weighted by Crippen LogP contribution is -2.14. The van der Waals surface area contributed by atoms with Gasteiger partial charge in [0.1, 0.15) is 11.2 Å². The monoisotopic (exact) mass is 1060 g/mol. The Hall–Kier alpha value is -9.80. The van der Waals surface area contributed by atoms with Gasteiger partial charge in [-0.3, -0.25) is 9.55 Å². The van der Waals surface area contributed by atoms with Crippen LogP contribution >= 0.6 is 22.7 Å². The summed E-state index contributed by atoms with van der Waals surface area (Å²) in [4.78, 5) is 20.2. The molecule has 0 fully saturated rings. The van der Waals surface area contributed by atoms with Crippen LogP contribution in [-0.4, -0.2) is 29.1 Å². The SMILES string of the molecule is CC1(C)c2ccccc2-c2c1ccc1c2sc2c1ncc1c2c2ccccc2n1-c1ccccc1.c1ccc(-c2nc(-c3ccccc3)nc(-n3c4ccccc4c4c5sc6ccc7c8ccccc8oc7c6c5ccc43)n2)cc1. The molecule has 0 bridgehead atoms. The Kier molecular flexibility index (Phi) is 9.67. The first-order chi connectivity index (χ1) is 39.5. The van der Waals surface area contributed by atoms with E-state index in [-0.39, 0.29) is 5.41 Å². The normalized spacial score (nSPS) is 13.0. The molecule has 0 radical (unpaired) electrons. The number of benzene rings is 10. The zero-order valence-electron chi connectivity index (χ0n) is 43.3. The van der Waals surface area contributed by atoms with Crippen molar-refractivity contribution < 1.29 is 4.42 Å². The van der Waals surface area contributed by atoms with Gasteiger partial charge in [-0.1, -0.05) is 190 Å². The lowest BCUT2D eigenvalue weighted by molar-refractivity contribution is 0.661. The highest BCUT2D eigenvalue weighted by atomic mass is 32.1. The maximum atomic E-state index is 6.49. The van der Waals surface area contributed by atoms with E-state index < -0.39 is 0 Å². The molecule has 0 unspecified atom stereocenters. The summed E-state index contributed by atoms with van der Waals surface area (Å²) < 4.78 is 16.1. The fraction of sp³-hybridized carbons (Fsp3) is 0.0423. The summed E-state index contributed by atoms with van der Waals surface area (Å²) in [6, 6.07) is 78.8. The molecule has 0 saturated carbocycles. The van der Waals surface area contributed by atoms with Gasteiger partial charge in [-0.05, 0) is 65.2 Å². The second kappa shape index (κ2) is 17.1. The molecule has 376 valence electrons. The molecule has 80 heavy (non-hydrogen) atoms. The van der Waals surface area contributed by atoms with Crippen LogP contribution < -0.4 is 0 Å². The summed E-state index contributed by atoms with van der Waals surface area (Å²) in [5.74, 6) is 1.87. The minimum Gasteiger partial charge on any atom is -0.455 e. The second-order valence-corrected chi connectivity index (χ2v) is 23.3. The maximum Gasteiger partial charge on any atom is 0.238 e. The van der Waals surface area contributed by atoms with Gasteiger partial charge in [0.2, 0.25) is 5.95 Å². The summed E-state index contributed by atoms with van der Waals surface area (Å²) in [5, 5.41) is 10.8. The first kappa shape index (κ1) is 45.2. The molecule has 1 aliphatic rings. The third kappa shape index (κ3) is 6.47. The Balaban J connectivity index is 0.000000132. The Morgan fingerprint density at radius 3 is 1.75 bits per heavy atom. The quantitative estimate of drug-likeness (QED) is 0.176. The summed E-state index contributed by atoms with van der Waals surface area (Å²) in [6.07, 6.45) is 2.07. The molecule has 0 amide bonds. The zero-order chi connectivity index (χ0) is 52.8. The van der Waals surface area contributed by atoms with Crippen LogP contribution in [0.1, 0.15) is 25.0 Å². The van der Waals surface area contributed by atoms with Crippen molar-refractivity contribution >= 4 is 129 Å². The van der Waals surface area contributed by atoms with Gasteiger partial charge in [0.05, 0.1) is 38.5 Å². The number of hydrogen-bond acceptors (Lipinski definition) is 7. The van der Waals surface area contributed by atoms with Gasteiger partial charge in [-0.25, -0.2) is 4.98 Å². The van der Waals surface area contributed by atoms with Gasteiger partial charge in [0.25, 0.3) is 0 Å². The lowest BCUT2D eigenvalue weighted by Gasteiger charge is -2.21. The number of hydrogen-bond donors (Lipinski definition) is 0. The highest BCUT2D eigenvalue weighted by molar-refractivity contribution is 7.27. The van der Waals surface area contributed by atoms with Gasteiger partial charge in [0.15, 0.2) is 11.6 Å². The van der Waals surface area contributed by atoms with Crippen LogP contribution in [0.2, 0.25) is 0 Å². The van der Waals surface area contributed by atoms with Crippen LogP contribution in [0.4, 0.5) is 0 Å². The molecule has 0 atom stereocenters. The van der Waals surface area contributed by atoms with Gasteiger partial charge < -0.3 is 8.98 Å². The largest absolute Gasteiger partial charge is 0.455 e. The average Bonchev–Trinajstić information content (AvgIpc) is 4.55. The molecule has 17 aromatic rings. The molecular formula is C71H44N6OS2. The van der Waals surface area contributed by atoms with Gasteiger partial charge in [-0.2, -0.15) is 9.97 Å². The number of pyridine rings is 1. The third-order valence-corrected chi connectivity index (χ3v) is 18.9. The summed E-state index contributed by atoms with van der Waals surface area (Å²) >= 11 is 3.72. The molecule has 7 aromatic heterocycles. The molecular weight excluding hydrogens is 1020 g/mol. The number of para-hydroxylation sites is 4. The van der Waals surface area contributed by atoms with Crippen molar-refractivity contribution in [2.75, 3.05) is 0 Å². The van der Waals surface area contributed by atoms with Crippen molar-refractivity contribution in [3.63, 3.8) is 0 Å². The van der Waals surface area contributed by atoms with E-state index in [1.54, 1.807) is 0 Å². The average molecular weight is 1060 g/mol. The maximum absolute atomic E-state index is 6.49. The highest BCUT2D eigenvalue weighted by Gasteiger charge is 2.37. The molecule has 0 N–H and O–H groups in total. The van der Waals surface area contributed by atoms with Crippen LogP contribution in [-0.2, 0) is 5.41 Å². The molecule has 0 saturated heterocycles. The van der Waals surface area contributed by atoms with Crippen molar-refractivity contribution in [1.29, 1.82) is 0 Å². The van der Waals surface area contributed by atoms with E-state index in [2.05, 4.69) is 181 Å². The van der Waals surface area contributed by atoms with Crippen LogP contribution in [0, 0.1) is 0 Å². The van der Waals surface area contributed by atoms with Crippen LogP contribution in [0.3, 0.4) is 0 Å². The standard InChI is InChI=1S/C39H22N4OS.C32H22N2S/c1-3-11-23(12-4-1)37-40-38(24-13-5-2-6-14-24)42-39(41-37)43-29-17-9-7-16-27(29)33-30(43)21-19-28-34-32(45-36(28)33)22-20-26-25-15-8-10-18-31(25)44-35(26)34;1-32(2)23-14-8-6-12-20(23)27-24(32)17-16-22-29-31(35-30(22)27)28-21-13-7-9-15-25(21)34(26(28)18-33-29)19-10-4-3-5-11-19/h1-22H;3-18H,1-2H3. The molecule has 7 nitrogen and oxygen atoms in total. The molecule has 0 spiro atoms. The minimum absolute atomic E-state index is 0.00236. The van der Waals surface area contributed by atoms with Gasteiger partial charge in [0, 0.05) is 90.4 Å². The molecule has 7 heterocycles. The number of rotatable bonds is 4. The van der Waals surface area contributed by atoms with Crippen molar-refractivity contribution in [1.82, 2.24) is 29.1 Å². The highest BCUT2D eigenvalue weighted by Crippen LogP contribution is 2.55. The first-order valence-corrected chi connectivity index (χ1v) is 28.6. The minimum atomic E-state index is 0.00236. The van der Waals surface area contributed by atoms with Crippen molar-refractivity contribution in [3.05, 3.63) is 242 Å². The van der Waals surface area contributed by atoms with E-state index in [1.807, 2.05) is 95.5 Å². The molecule has 10 aromatic carbocycles. The summed E-state index contributed by atoms with van der Waals surface area (Å²) in [5.41, 5.74) is 16.1. The summed E-state index contributed by atoms with van der Waals surface area (Å²) in [7, 11) is 0. The summed E-state index contributed by atoms with van der Waals surface area (Å²) in [6.45, 7) is 4.70. The Morgan fingerprint density at radius 1 is 0.412 bits per heavy atom. The van der Waals surface area contributed by atoms with Crippen molar-refractivity contribution in [2.24, 2.45) is 0 Å². The molecule has 18 rings (SSSR count). The second-order valence-electron chi connectivity index (χ2n) is 21.2. The predicted molar refractivity (Wildman–Crippen MR) is 334 cm³/mol. The van der Waals surface area contributed by atoms with E-state index >= 15 is 0 Å². The smallest absolute Gasteiger partial charge is 0.238 e. The third-order valence-electron chi connectivity index (χ3n) is 16.5. The van der Waals surface area contributed by atoms with Crippen LogP contribution in [0.25, 0.3) is 152 Å². The topological polar surface area (TPSA) is 74.6 Å². The van der Waals surface area contributed by atoms with Crippen molar-refractivity contribution in [2.45, 2.75) is 19.3 Å². The number of furan rings is 1. The number of nitrogens with zero attached hydrogens (tertiary/aromatic N) is 6. The zero-order valence-corrected chi connectivity index (χ0v) is 45.0. The fourth-order valence-electron chi connectivity index (χ4n) is 12.9. The number of aromatic nitrogens is 6. The molecule has 9 heteroatoms. The van der Waals surface area contributed by atoms with E-state index in [0.29, 0.717) is 17.6 Å². The van der Waals surface area contributed by atoms with Crippen LogP contribution in [0.15, 0.2) is 235 Å². The lowest BCUT2D eigenvalue weighted by atomic mass is 9.82. The number of thiophene rings is 2. The van der Waals surface area contributed by atoms with E-state index in [9.17, 15) is 0 Å². The molecule has 0 aliphatic heterocycles. The van der Waals surface area contributed by atoms with Crippen molar-refractivity contribution in [3.8, 4) is 45.5 Å².